The number of carbonyl (C=O) groups excluding carboxylic acids is 2. The molecule has 0 radical (unpaired) electrons. The Labute approximate surface area is 198 Å². The number of rotatable bonds is 5. The van der Waals surface area contributed by atoms with Gasteiger partial charge in [-0.2, -0.15) is 0 Å². The number of nitrogens with one attached hydrogen (secondary N) is 1. The van der Waals surface area contributed by atoms with Crippen LogP contribution in [0.1, 0.15) is 69.7 Å². The highest BCUT2D eigenvalue weighted by atomic mass is 16.5. The number of carbonyl (C=O) groups is 2. The zero-order valence-corrected chi connectivity index (χ0v) is 20.5. The fourth-order valence-electron chi connectivity index (χ4n) is 6.90. The average molecular weight is 457 g/mol. The molecule has 3 fully saturated rings. The molecule has 33 heavy (non-hydrogen) atoms. The van der Waals surface area contributed by atoms with E-state index in [-0.39, 0.29) is 46.9 Å². The summed E-state index contributed by atoms with van der Waals surface area (Å²) in [5, 5.41) is 14.8. The quantitative estimate of drug-likeness (QED) is 0.705. The van der Waals surface area contributed by atoms with Gasteiger partial charge in [0.05, 0.1) is 13.2 Å². The van der Waals surface area contributed by atoms with Crippen LogP contribution in [0.4, 0.5) is 0 Å². The highest BCUT2D eigenvalue weighted by Crippen LogP contribution is 2.55. The van der Waals surface area contributed by atoms with Crippen LogP contribution in [0, 0.1) is 29.1 Å². The van der Waals surface area contributed by atoms with Crippen molar-refractivity contribution in [2.24, 2.45) is 29.1 Å². The number of nitrogens with zero attached hydrogens (tertiary/aromatic N) is 1. The van der Waals surface area contributed by atoms with E-state index in [9.17, 15) is 14.7 Å². The maximum atomic E-state index is 13.1. The minimum absolute atomic E-state index is 0.00988. The molecule has 2 N–H and O–H groups in total. The molecule has 1 saturated heterocycles. The summed E-state index contributed by atoms with van der Waals surface area (Å²) in [6.07, 6.45) is 5.45. The summed E-state index contributed by atoms with van der Waals surface area (Å²) < 4.78 is 5.19. The van der Waals surface area contributed by atoms with Crippen molar-refractivity contribution >= 4 is 11.8 Å². The Hall–Kier alpha value is -2.08. The maximum Gasteiger partial charge on any atom is 0.251 e. The SMILES string of the molecule is COc1ccc(C(=O)N[C@H]2CC[C@@]3(C)CC[C@H]([C@H](C)C(=O)N4CCCC4)[C@H](O)[C@H]3[C@H]2C)cc1. The predicted molar refractivity (Wildman–Crippen MR) is 128 cm³/mol. The van der Waals surface area contributed by atoms with Gasteiger partial charge in [-0.15, -0.1) is 0 Å². The van der Waals surface area contributed by atoms with Crippen molar-refractivity contribution in [2.75, 3.05) is 20.2 Å². The summed E-state index contributed by atoms with van der Waals surface area (Å²) >= 11 is 0. The van der Waals surface area contributed by atoms with Crippen molar-refractivity contribution in [3.8, 4) is 5.75 Å². The molecular weight excluding hydrogens is 416 g/mol. The summed E-state index contributed by atoms with van der Waals surface area (Å²) in [6.45, 7) is 8.17. The fraction of sp³-hybridized carbons (Fsp3) is 0.704. The topological polar surface area (TPSA) is 78.9 Å². The normalized spacial score (nSPS) is 34.9. The van der Waals surface area contributed by atoms with Gasteiger partial charge in [0.1, 0.15) is 5.75 Å². The lowest BCUT2D eigenvalue weighted by Crippen LogP contribution is -2.58. The number of aliphatic hydroxyl groups excluding tert-OH is 1. The summed E-state index contributed by atoms with van der Waals surface area (Å²) in [6, 6.07) is 7.16. The molecule has 0 aromatic heterocycles. The van der Waals surface area contributed by atoms with E-state index in [0.29, 0.717) is 5.56 Å². The minimum atomic E-state index is -0.527. The maximum absolute atomic E-state index is 13.1. The van der Waals surface area contributed by atoms with Crippen molar-refractivity contribution in [1.82, 2.24) is 10.2 Å². The number of amides is 2. The molecule has 0 spiro atoms. The van der Waals surface area contributed by atoms with Crippen LogP contribution in [-0.2, 0) is 4.79 Å². The van der Waals surface area contributed by atoms with Crippen molar-refractivity contribution in [3.63, 3.8) is 0 Å². The second-order valence-electron chi connectivity index (χ2n) is 10.9. The van der Waals surface area contributed by atoms with E-state index >= 15 is 0 Å². The summed E-state index contributed by atoms with van der Waals surface area (Å²) in [5.74, 6) is 0.865. The summed E-state index contributed by atoms with van der Waals surface area (Å²) in [5.41, 5.74) is 0.663. The number of hydrogen-bond acceptors (Lipinski definition) is 4. The van der Waals surface area contributed by atoms with Crippen LogP contribution in [-0.4, -0.2) is 54.2 Å². The molecule has 0 unspecified atom stereocenters. The van der Waals surface area contributed by atoms with Crippen LogP contribution in [0.5, 0.6) is 5.75 Å². The molecular formula is C27H40N2O4. The van der Waals surface area contributed by atoms with E-state index in [4.69, 9.17) is 4.74 Å². The van der Waals surface area contributed by atoms with Crippen LogP contribution in [0.2, 0.25) is 0 Å². The Morgan fingerprint density at radius 2 is 1.79 bits per heavy atom. The van der Waals surface area contributed by atoms with E-state index in [1.165, 1.54) is 0 Å². The third kappa shape index (κ3) is 4.64. The van der Waals surface area contributed by atoms with Crippen LogP contribution >= 0.6 is 0 Å². The lowest BCUT2D eigenvalue weighted by atomic mass is 9.51. The Bertz CT molecular complexity index is 850. The first kappa shape index (κ1) is 24.1. The number of methoxy groups -OCH3 is 1. The highest BCUT2D eigenvalue weighted by Gasteiger charge is 2.54. The third-order valence-electron chi connectivity index (χ3n) is 9.01. The molecule has 7 atom stereocenters. The molecule has 2 amide bonds. The monoisotopic (exact) mass is 456 g/mol. The van der Waals surface area contributed by atoms with Crippen molar-refractivity contribution in [3.05, 3.63) is 29.8 Å². The van der Waals surface area contributed by atoms with Crippen LogP contribution in [0.3, 0.4) is 0 Å². The summed E-state index contributed by atoms with van der Waals surface area (Å²) in [7, 11) is 1.61. The Kier molecular flexibility index (Phi) is 7.04. The average Bonchev–Trinajstić information content (AvgIpc) is 3.35. The van der Waals surface area contributed by atoms with Gasteiger partial charge in [-0.3, -0.25) is 9.59 Å². The highest BCUT2D eigenvalue weighted by molar-refractivity contribution is 5.94. The first-order valence-electron chi connectivity index (χ1n) is 12.7. The zero-order chi connectivity index (χ0) is 23.8. The van der Waals surface area contributed by atoms with Gasteiger partial charge in [0.2, 0.25) is 5.91 Å². The second kappa shape index (κ2) is 9.65. The molecule has 6 nitrogen and oxygen atoms in total. The summed E-state index contributed by atoms with van der Waals surface area (Å²) in [4.78, 5) is 28.0. The molecule has 6 heteroatoms. The lowest BCUT2D eigenvalue weighted by Gasteiger charge is -2.56. The van der Waals surface area contributed by atoms with Gasteiger partial charge in [0.15, 0.2) is 0 Å². The van der Waals surface area contributed by atoms with E-state index in [1.807, 2.05) is 11.8 Å². The third-order valence-corrected chi connectivity index (χ3v) is 9.01. The van der Waals surface area contributed by atoms with Gasteiger partial charge >= 0.3 is 0 Å². The Morgan fingerprint density at radius 1 is 1.15 bits per heavy atom. The molecule has 182 valence electrons. The molecule has 2 saturated carbocycles. The molecule has 4 rings (SSSR count). The molecule has 1 heterocycles. The molecule has 3 aliphatic rings. The number of fused-ring (bicyclic) bond motifs is 1. The smallest absolute Gasteiger partial charge is 0.251 e. The number of ether oxygens (including phenoxy) is 1. The van der Waals surface area contributed by atoms with Crippen LogP contribution in [0.15, 0.2) is 24.3 Å². The number of aliphatic hydroxyl groups is 1. The van der Waals surface area contributed by atoms with Crippen LogP contribution < -0.4 is 10.1 Å². The molecule has 1 aromatic rings. The van der Waals surface area contributed by atoms with Crippen LogP contribution in [0.25, 0.3) is 0 Å². The van der Waals surface area contributed by atoms with Gasteiger partial charge in [-0.1, -0.05) is 20.8 Å². The molecule has 1 aromatic carbocycles. The number of benzene rings is 1. The Balaban J connectivity index is 1.46. The van der Waals surface area contributed by atoms with E-state index < -0.39 is 6.10 Å². The first-order valence-corrected chi connectivity index (χ1v) is 12.7. The minimum Gasteiger partial charge on any atom is -0.497 e. The predicted octanol–water partition coefficient (Wildman–Crippen LogP) is 3.88. The Morgan fingerprint density at radius 3 is 2.42 bits per heavy atom. The van der Waals surface area contributed by atoms with E-state index in [0.717, 1.165) is 57.4 Å². The van der Waals surface area contributed by atoms with Gasteiger partial charge < -0.3 is 20.1 Å². The largest absolute Gasteiger partial charge is 0.497 e. The zero-order valence-electron chi connectivity index (χ0n) is 20.5. The molecule has 0 bridgehead atoms. The van der Waals surface area contributed by atoms with Gasteiger partial charge in [0, 0.05) is 30.6 Å². The van der Waals surface area contributed by atoms with Gasteiger partial charge in [0.25, 0.3) is 5.91 Å². The van der Waals surface area contributed by atoms with E-state index in [1.54, 1.807) is 31.4 Å². The van der Waals surface area contributed by atoms with Crippen molar-refractivity contribution in [2.45, 2.75) is 71.4 Å². The van der Waals surface area contributed by atoms with E-state index in [2.05, 4.69) is 19.2 Å². The van der Waals surface area contributed by atoms with Gasteiger partial charge in [-0.05, 0) is 86.0 Å². The fourth-order valence-corrected chi connectivity index (χ4v) is 6.90. The van der Waals surface area contributed by atoms with Gasteiger partial charge in [-0.25, -0.2) is 0 Å². The lowest BCUT2D eigenvalue weighted by molar-refractivity contribution is -0.149. The number of likely N-dealkylation sites (tertiary alicyclic amines) is 1. The van der Waals surface area contributed by atoms with Crippen molar-refractivity contribution < 1.29 is 19.4 Å². The van der Waals surface area contributed by atoms with Crippen molar-refractivity contribution in [1.29, 1.82) is 0 Å². The standard InChI is InChI=1S/C27H40N2O4/c1-17(26(32)29-15-5-6-16-29)21-11-13-27(3)14-12-22(18(2)23(27)24(21)30)28-25(31)19-7-9-20(33-4)10-8-19/h7-10,17-18,21-24,30H,5-6,11-16H2,1-4H3,(H,28,31)/t17-,18-,21+,22-,23+,24-,27+/m0/s1. The molecule has 2 aliphatic carbocycles. The first-order chi connectivity index (χ1) is 15.7. The second-order valence-corrected chi connectivity index (χ2v) is 10.9. The molecule has 1 aliphatic heterocycles. The number of hydrogen-bond donors (Lipinski definition) is 2.